The number of hydrogen-bond acceptors (Lipinski definition) is 4. The third-order valence-electron chi connectivity index (χ3n) is 4.37. The molecular weight excluding hydrogens is 282 g/mol. The summed E-state index contributed by atoms with van der Waals surface area (Å²) in [7, 11) is 3.27. The SMILES string of the molecule is COCC1(C(=O)NCc2nc3ccc(OC)cc3[nH]2)CCC1. The van der Waals surface area contributed by atoms with Gasteiger partial charge in [0.05, 0.1) is 36.7 Å². The number of rotatable bonds is 6. The quantitative estimate of drug-likeness (QED) is 0.856. The number of aromatic nitrogens is 2. The fourth-order valence-electron chi connectivity index (χ4n) is 2.92. The Kier molecular flexibility index (Phi) is 4.02. The highest BCUT2D eigenvalue weighted by molar-refractivity contribution is 5.83. The van der Waals surface area contributed by atoms with Gasteiger partial charge in [0.2, 0.25) is 5.91 Å². The zero-order valence-corrected chi connectivity index (χ0v) is 12.9. The average Bonchev–Trinajstić information content (AvgIpc) is 2.90. The predicted octanol–water partition coefficient (Wildman–Crippen LogP) is 2.00. The number of nitrogens with zero attached hydrogens (tertiary/aromatic N) is 1. The van der Waals surface area contributed by atoms with E-state index in [0.717, 1.165) is 41.9 Å². The normalized spacial score (nSPS) is 16.3. The largest absolute Gasteiger partial charge is 0.497 e. The Bertz CT molecular complexity index is 676. The van der Waals surface area contributed by atoms with Crippen molar-refractivity contribution in [1.82, 2.24) is 15.3 Å². The molecule has 6 nitrogen and oxygen atoms in total. The number of H-pyrrole nitrogens is 1. The molecule has 0 bridgehead atoms. The Morgan fingerprint density at radius 1 is 1.41 bits per heavy atom. The molecule has 1 fully saturated rings. The van der Waals surface area contributed by atoms with Crippen molar-refractivity contribution in [1.29, 1.82) is 0 Å². The summed E-state index contributed by atoms with van der Waals surface area (Å²) in [6.07, 6.45) is 2.87. The summed E-state index contributed by atoms with van der Waals surface area (Å²) in [6.45, 7) is 0.872. The van der Waals surface area contributed by atoms with Crippen LogP contribution in [0.1, 0.15) is 25.1 Å². The predicted molar refractivity (Wildman–Crippen MR) is 82.7 cm³/mol. The summed E-state index contributed by atoms with van der Waals surface area (Å²) < 4.78 is 10.4. The van der Waals surface area contributed by atoms with Crippen molar-refractivity contribution in [2.75, 3.05) is 20.8 Å². The lowest BCUT2D eigenvalue weighted by atomic mass is 9.68. The van der Waals surface area contributed by atoms with Crippen molar-refractivity contribution in [2.24, 2.45) is 5.41 Å². The molecule has 3 rings (SSSR count). The molecule has 0 unspecified atom stereocenters. The second-order valence-corrected chi connectivity index (χ2v) is 5.82. The zero-order valence-electron chi connectivity index (χ0n) is 12.9. The minimum Gasteiger partial charge on any atom is -0.497 e. The molecule has 1 aliphatic rings. The van der Waals surface area contributed by atoms with Crippen LogP contribution in [0.15, 0.2) is 18.2 Å². The molecular formula is C16H21N3O3. The third-order valence-corrected chi connectivity index (χ3v) is 4.37. The molecule has 0 aliphatic heterocycles. The number of ether oxygens (including phenoxy) is 2. The maximum Gasteiger partial charge on any atom is 0.228 e. The van der Waals surface area contributed by atoms with E-state index in [2.05, 4.69) is 15.3 Å². The molecule has 6 heteroatoms. The number of hydrogen-bond donors (Lipinski definition) is 2. The Morgan fingerprint density at radius 3 is 2.86 bits per heavy atom. The van der Waals surface area contributed by atoms with Crippen LogP contribution in [-0.2, 0) is 16.1 Å². The molecule has 0 radical (unpaired) electrons. The molecule has 0 atom stereocenters. The molecule has 1 aromatic heterocycles. The maximum atomic E-state index is 12.4. The van der Waals surface area contributed by atoms with Gasteiger partial charge in [0.1, 0.15) is 11.6 Å². The van der Waals surface area contributed by atoms with Crippen LogP contribution in [0.2, 0.25) is 0 Å². The number of imidazole rings is 1. The molecule has 0 saturated heterocycles. The van der Waals surface area contributed by atoms with Gasteiger partial charge in [-0.1, -0.05) is 6.42 Å². The first-order valence-corrected chi connectivity index (χ1v) is 7.47. The Morgan fingerprint density at radius 2 is 2.23 bits per heavy atom. The highest BCUT2D eigenvalue weighted by atomic mass is 16.5. The van der Waals surface area contributed by atoms with Crippen molar-refractivity contribution in [2.45, 2.75) is 25.8 Å². The first-order chi connectivity index (χ1) is 10.7. The summed E-state index contributed by atoms with van der Waals surface area (Å²) in [6, 6.07) is 5.66. The molecule has 2 N–H and O–H groups in total. The highest BCUT2D eigenvalue weighted by Gasteiger charge is 2.44. The van der Waals surface area contributed by atoms with Crippen LogP contribution in [0.5, 0.6) is 5.75 Å². The van der Waals surface area contributed by atoms with Gasteiger partial charge in [-0.05, 0) is 25.0 Å². The number of aromatic amines is 1. The molecule has 1 saturated carbocycles. The van der Waals surface area contributed by atoms with Crippen molar-refractivity contribution in [3.63, 3.8) is 0 Å². The van der Waals surface area contributed by atoms with Gasteiger partial charge in [-0.2, -0.15) is 0 Å². The van der Waals surface area contributed by atoms with E-state index in [0.29, 0.717) is 13.2 Å². The van der Waals surface area contributed by atoms with Crippen molar-refractivity contribution in [3.05, 3.63) is 24.0 Å². The van der Waals surface area contributed by atoms with Crippen LogP contribution in [0, 0.1) is 5.41 Å². The molecule has 2 aromatic rings. The van der Waals surface area contributed by atoms with E-state index in [4.69, 9.17) is 9.47 Å². The summed E-state index contributed by atoms with van der Waals surface area (Å²) >= 11 is 0. The molecule has 0 spiro atoms. The standard InChI is InChI=1S/C16H21N3O3/c1-21-10-16(6-3-7-16)15(20)17-9-14-18-12-5-4-11(22-2)8-13(12)19-14/h4-5,8H,3,6-7,9-10H2,1-2H3,(H,17,20)(H,18,19). The molecule has 1 aliphatic carbocycles. The van der Waals surface area contributed by atoms with Crippen LogP contribution in [0.3, 0.4) is 0 Å². The van der Waals surface area contributed by atoms with E-state index in [1.165, 1.54) is 0 Å². The third kappa shape index (κ3) is 2.66. The van der Waals surface area contributed by atoms with E-state index in [9.17, 15) is 4.79 Å². The van der Waals surface area contributed by atoms with Gasteiger partial charge in [-0.3, -0.25) is 4.79 Å². The van der Waals surface area contributed by atoms with Crippen LogP contribution in [0.4, 0.5) is 0 Å². The molecule has 1 aromatic carbocycles. The number of carbonyl (C=O) groups excluding carboxylic acids is 1. The van der Waals surface area contributed by atoms with Crippen molar-refractivity contribution >= 4 is 16.9 Å². The molecule has 118 valence electrons. The minimum absolute atomic E-state index is 0.0543. The van der Waals surface area contributed by atoms with E-state index in [-0.39, 0.29) is 11.3 Å². The first kappa shape index (κ1) is 14.8. The van der Waals surface area contributed by atoms with Gasteiger partial charge >= 0.3 is 0 Å². The van der Waals surface area contributed by atoms with Crippen molar-refractivity contribution < 1.29 is 14.3 Å². The second kappa shape index (κ2) is 5.96. The van der Waals surface area contributed by atoms with Gasteiger partial charge < -0.3 is 19.8 Å². The number of nitrogens with one attached hydrogen (secondary N) is 2. The van der Waals surface area contributed by atoms with Crippen LogP contribution >= 0.6 is 0 Å². The highest BCUT2D eigenvalue weighted by Crippen LogP contribution is 2.41. The van der Waals surface area contributed by atoms with Gasteiger partial charge in [0.15, 0.2) is 0 Å². The summed E-state index contributed by atoms with van der Waals surface area (Å²) in [5.74, 6) is 1.57. The van der Waals surface area contributed by atoms with E-state index in [1.807, 2.05) is 18.2 Å². The Hall–Kier alpha value is -2.08. The second-order valence-electron chi connectivity index (χ2n) is 5.82. The van der Waals surface area contributed by atoms with Crippen LogP contribution < -0.4 is 10.1 Å². The van der Waals surface area contributed by atoms with Gasteiger partial charge in [-0.15, -0.1) is 0 Å². The minimum atomic E-state index is -0.343. The van der Waals surface area contributed by atoms with E-state index in [1.54, 1.807) is 14.2 Å². The number of benzene rings is 1. The van der Waals surface area contributed by atoms with Gasteiger partial charge in [0.25, 0.3) is 0 Å². The summed E-state index contributed by atoms with van der Waals surface area (Å²) in [5.41, 5.74) is 1.42. The summed E-state index contributed by atoms with van der Waals surface area (Å²) in [5, 5.41) is 2.97. The lowest BCUT2D eigenvalue weighted by Gasteiger charge is -2.39. The number of amides is 1. The van der Waals surface area contributed by atoms with E-state index >= 15 is 0 Å². The number of fused-ring (bicyclic) bond motifs is 1. The Balaban J connectivity index is 1.67. The molecule has 1 amide bonds. The zero-order chi connectivity index (χ0) is 15.6. The first-order valence-electron chi connectivity index (χ1n) is 7.47. The van der Waals surface area contributed by atoms with Crippen LogP contribution in [-0.4, -0.2) is 36.7 Å². The van der Waals surface area contributed by atoms with Crippen molar-refractivity contribution in [3.8, 4) is 5.75 Å². The lowest BCUT2D eigenvalue weighted by Crippen LogP contribution is -2.48. The van der Waals surface area contributed by atoms with E-state index < -0.39 is 0 Å². The van der Waals surface area contributed by atoms with Gasteiger partial charge in [-0.25, -0.2) is 4.98 Å². The molecule has 1 heterocycles. The monoisotopic (exact) mass is 303 g/mol. The van der Waals surface area contributed by atoms with Gasteiger partial charge in [0, 0.05) is 13.2 Å². The summed E-state index contributed by atoms with van der Waals surface area (Å²) in [4.78, 5) is 20.1. The topological polar surface area (TPSA) is 76.2 Å². The fraction of sp³-hybridized carbons (Fsp3) is 0.500. The number of methoxy groups -OCH3 is 2. The lowest BCUT2D eigenvalue weighted by molar-refractivity contribution is -0.140. The Labute approximate surface area is 129 Å². The van der Waals surface area contributed by atoms with Crippen LogP contribution in [0.25, 0.3) is 11.0 Å². The molecule has 22 heavy (non-hydrogen) atoms. The fourth-order valence-corrected chi connectivity index (χ4v) is 2.92. The maximum absolute atomic E-state index is 12.4. The number of carbonyl (C=O) groups is 1. The smallest absolute Gasteiger partial charge is 0.228 e. The average molecular weight is 303 g/mol.